The van der Waals surface area contributed by atoms with E-state index in [0.29, 0.717) is 40.8 Å². The fourth-order valence-electron chi connectivity index (χ4n) is 5.77. The first-order valence-electron chi connectivity index (χ1n) is 12.7. The summed E-state index contributed by atoms with van der Waals surface area (Å²) in [6.45, 7) is 5.15. The molecule has 0 N–H and O–H groups in total. The number of rotatable bonds is 5. The number of imide groups is 1. The van der Waals surface area contributed by atoms with E-state index in [0.717, 1.165) is 44.6 Å². The van der Waals surface area contributed by atoms with Gasteiger partial charge >= 0.3 is 0 Å². The molecule has 36 heavy (non-hydrogen) atoms. The zero-order chi connectivity index (χ0) is 25.4. The Kier molecular flexibility index (Phi) is 6.60. The topological polar surface area (TPSA) is 79.4 Å². The van der Waals surface area contributed by atoms with Crippen molar-refractivity contribution in [2.24, 2.45) is 11.8 Å². The molecule has 0 aliphatic carbocycles. The van der Waals surface area contributed by atoms with Crippen molar-refractivity contribution in [1.82, 2.24) is 4.90 Å². The van der Waals surface area contributed by atoms with Gasteiger partial charge in [-0.15, -0.1) is 0 Å². The van der Waals surface area contributed by atoms with Gasteiger partial charge in [-0.05, 0) is 55.9 Å². The fraction of sp³-hybridized carbons (Fsp3) is 0.464. The Morgan fingerprint density at radius 2 is 1.69 bits per heavy atom. The largest absolute Gasteiger partial charge is 0.493 e. The molecule has 3 aliphatic rings. The molecule has 0 bridgehead atoms. The number of benzene rings is 2. The molecule has 2 fully saturated rings. The summed E-state index contributed by atoms with van der Waals surface area (Å²) in [6.07, 6.45) is 3.94. The van der Waals surface area contributed by atoms with E-state index in [1.165, 1.54) is 25.5 Å². The molecule has 0 unspecified atom stereocenters. The van der Waals surface area contributed by atoms with Crippen molar-refractivity contribution in [3.05, 3.63) is 47.5 Å². The van der Waals surface area contributed by atoms with E-state index in [1.807, 2.05) is 17.0 Å². The standard InChI is InChI=1S/C28H33N3O5/c1-18-7-5-14-30(16-18)26(32)19-8-6-13-29(17-19)22-10-4-9-21-25(22)28(34)31(27(21)33)20-11-12-23(35-2)24(15-20)36-3/h4,9-12,15,18-19H,5-8,13-14,16-17H2,1-3H3/t18-,19+/m0/s1. The molecule has 190 valence electrons. The minimum absolute atomic E-state index is 0.103. The van der Waals surface area contributed by atoms with Crippen LogP contribution < -0.4 is 19.3 Å². The van der Waals surface area contributed by atoms with Crippen LogP contribution in [0.2, 0.25) is 0 Å². The number of nitrogens with zero attached hydrogens (tertiary/aromatic N) is 3. The molecule has 2 aromatic rings. The maximum atomic E-state index is 13.7. The van der Waals surface area contributed by atoms with Crippen molar-refractivity contribution in [3.63, 3.8) is 0 Å². The molecule has 8 nitrogen and oxygen atoms in total. The van der Waals surface area contributed by atoms with E-state index < -0.39 is 0 Å². The highest BCUT2D eigenvalue weighted by atomic mass is 16.5. The molecule has 2 aromatic carbocycles. The third-order valence-electron chi connectivity index (χ3n) is 7.60. The van der Waals surface area contributed by atoms with Gasteiger partial charge in [-0.3, -0.25) is 14.4 Å². The summed E-state index contributed by atoms with van der Waals surface area (Å²) in [4.78, 5) is 45.7. The zero-order valence-electron chi connectivity index (χ0n) is 21.2. The number of hydrogen-bond donors (Lipinski definition) is 0. The number of amides is 3. The Morgan fingerprint density at radius 1 is 0.917 bits per heavy atom. The van der Waals surface area contributed by atoms with Gasteiger partial charge in [-0.25, -0.2) is 4.90 Å². The van der Waals surface area contributed by atoms with Crippen molar-refractivity contribution in [2.45, 2.75) is 32.6 Å². The van der Waals surface area contributed by atoms with E-state index in [1.54, 1.807) is 24.3 Å². The van der Waals surface area contributed by atoms with E-state index >= 15 is 0 Å². The molecule has 3 aliphatic heterocycles. The molecule has 3 amide bonds. The van der Waals surface area contributed by atoms with Crippen LogP contribution in [0.25, 0.3) is 0 Å². The van der Waals surface area contributed by atoms with Gasteiger partial charge in [-0.2, -0.15) is 0 Å². The molecular formula is C28H33N3O5. The van der Waals surface area contributed by atoms with Crippen molar-refractivity contribution in [2.75, 3.05) is 50.2 Å². The minimum atomic E-state index is -0.365. The first-order valence-corrected chi connectivity index (χ1v) is 12.7. The number of methoxy groups -OCH3 is 2. The number of fused-ring (bicyclic) bond motifs is 1. The van der Waals surface area contributed by atoms with Crippen molar-refractivity contribution in [3.8, 4) is 11.5 Å². The van der Waals surface area contributed by atoms with Crippen LogP contribution in [-0.4, -0.2) is 63.0 Å². The van der Waals surface area contributed by atoms with Crippen LogP contribution in [0.4, 0.5) is 11.4 Å². The second-order valence-electron chi connectivity index (χ2n) is 10.0. The Labute approximate surface area is 211 Å². The SMILES string of the molecule is COc1ccc(N2C(=O)c3cccc(N4CCC[C@@H](C(=O)N5CCC[C@H](C)C5)C4)c3C2=O)cc1OC. The predicted octanol–water partition coefficient (Wildman–Crippen LogP) is 3.98. The minimum Gasteiger partial charge on any atom is -0.493 e. The normalized spacial score (nSPS) is 22.0. The summed E-state index contributed by atoms with van der Waals surface area (Å²) in [6, 6.07) is 10.4. The van der Waals surface area contributed by atoms with Gasteiger partial charge in [0.2, 0.25) is 5.91 Å². The van der Waals surface area contributed by atoms with Gasteiger partial charge in [0.25, 0.3) is 11.8 Å². The quantitative estimate of drug-likeness (QED) is 0.589. The average Bonchev–Trinajstić information content (AvgIpc) is 3.17. The van der Waals surface area contributed by atoms with Gasteiger partial charge in [0.1, 0.15) is 0 Å². The molecule has 0 spiro atoms. The lowest BCUT2D eigenvalue weighted by Gasteiger charge is -2.38. The van der Waals surface area contributed by atoms with Crippen LogP contribution in [0.15, 0.2) is 36.4 Å². The smallest absolute Gasteiger partial charge is 0.268 e. The highest BCUT2D eigenvalue weighted by Gasteiger charge is 2.41. The fourth-order valence-corrected chi connectivity index (χ4v) is 5.77. The third-order valence-corrected chi connectivity index (χ3v) is 7.60. The first kappa shape index (κ1) is 24.2. The average molecular weight is 492 g/mol. The van der Waals surface area contributed by atoms with Crippen LogP contribution in [0.1, 0.15) is 53.3 Å². The molecule has 2 saturated heterocycles. The summed E-state index contributed by atoms with van der Waals surface area (Å²) in [5.41, 5.74) is 1.93. The highest BCUT2D eigenvalue weighted by Crippen LogP contribution is 2.39. The van der Waals surface area contributed by atoms with Gasteiger partial charge in [0.15, 0.2) is 11.5 Å². The van der Waals surface area contributed by atoms with E-state index in [9.17, 15) is 14.4 Å². The summed E-state index contributed by atoms with van der Waals surface area (Å²) in [7, 11) is 3.05. The second kappa shape index (κ2) is 9.84. The number of hydrogen-bond acceptors (Lipinski definition) is 6. The summed E-state index contributed by atoms with van der Waals surface area (Å²) < 4.78 is 10.7. The van der Waals surface area contributed by atoms with Crippen LogP contribution in [0, 0.1) is 11.8 Å². The lowest BCUT2D eigenvalue weighted by Crippen LogP contribution is -2.48. The number of ether oxygens (including phenoxy) is 2. The van der Waals surface area contributed by atoms with E-state index in [4.69, 9.17) is 9.47 Å². The monoisotopic (exact) mass is 491 g/mol. The lowest BCUT2D eigenvalue weighted by molar-refractivity contribution is -0.137. The van der Waals surface area contributed by atoms with Crippen LogP contribution in [0.3, 0.4) is 0 Å². The molecule has 0 aromatic heterocycles. The van der Waals surface area contributed by atoms with E-state index in [-0.39, 0.29) is 23.6 Å². The Morgan fingerprint density at radius 3 is 2.44 bits per heavy atom. The summed E-state index contributed by atoms with van der Waals surface area (Å²) in [5.74, 6) is 0.877. The molecular weight excluding hydrogens is 458 g/mol. The van der Waals surface area contributed by atoms with Gasteiger partial charge in [0.05, 0.1) is 42.6 Å². The number of carbonyl (C=O) groups excluding carboxylic acids is 3. The first-order chi connectivity index (χ1) is 17.4. The van der Waals surface area contributed by atoms with Crippen molar-refractivity contribution >= 4 is 29.1 Å². The molecule has 8 heteroatoms. The number of piperidine rings is 2. The molecule has 0 radical (unpaired) electrons. The number of anilines is 2. The van der Waals surface area contributed by atoms with E-state index in [2.05, 4.69) is 11.8 Å². The summed E-state index contributed by atoms with van der Waals surface area (Å²) >= 11 is 0. The number of carbonyl (C=O) groups is 3. The van der Waals surface area contributed by atoms with Crippen LogP contribution in [-0.2, 0) is 4.79 Å². The Balaban J connectivity index is 1.41. The summed E-state index contributed by atoms with van der Waals surface area (Å²) in [5, 5.41) is 0. The third kappa shape index (κ3) is 4.18. The zero-order valence-corrected chi connectivity index (χ0v) is 21.2. The maximum Gasteiger partial charge on any atom is 0.268 e. The van der Waals surface area contributed by atoms with Crippen LogP contribution in [0.5, 0.6) is 11.5 Å². The lowest BCUT2D eigenvalue weighted by atomic mass is 9.93. The highest BCUT2D eigenvalue weighted by molar-refractivity contribution is 6.36. The Bertz CT molecular complexity index is 1200. The number of likely N-dealkylation sites (tertiary alicyclic amines) is 1. The van der Waals surface area contributed by atoms with Crippen LogP contribution >= 0.6 is 0 Å². The molecule has 3 heterocycles. The maximum absolute atomic E-state index is 13.7. The Hall–Kier alpha value is -3.55. The second-order valence-corrected chi connectivity index (χ2v) is 10.0. The van der Waals surface area contributed by atoms with Gasteiger partial charge in [0, 0.05) is 32.2 Å². The molecule has 0 saturated carbocycles. The van der Waals surface area contributed by atoms with Crippen molar-refractivity contribution in [1.29, 1.82) is 0 Å². The molecule has 5 rings (SSSR count). The van der Waals surface area contributed by atoms with Crippen molar-refractivity contribution < 1.29 is 23.9 Å². The van der Waals surface area contributed by atoms with Gasteiger partial charge in [-0.1, -0.05) is 13.0 Å². The van der Waals surface area contributed by atoms with Gasteiger partial charge < -0.3 is 19.3 Å². The molecule has 2 atom stereocenters. The predicted molar refractivity (Wildman–Crippen MR) is 137 cm³/mol.